The third kappa shape index (κ3) is 1.63. The summed E-state index contributed by atoms with van der Waals surface area (Å²) in [4.78, 5) is 4.45. The summed E-state index contributed by atoms with van der Waals surface area (Å²) in [5.41, 5.74) is 9.23. The van der Waals surface area contributed by atoms with Gasteiger partial charge in [0.2, 0.25) is 5.95 Å². The largest absolute Gasteiger partial charge is 0.378 e. The average molecular weight is 232 g/mol. The number of aromatic nitrogens is 2. The zero-order valence-electron chi connectivity index (χ0n) is 9.89. The Morgan fingerprint density at radius 3 is 2.82 bits per heavy atom. The maximum atomic E-state index is 6.02. The van der Waals surface area contributed by atoms with Gasteiger partial charge in [0.25, 0.3) is 0 Å². The van der Waals surface area contributed by atoms with Crippen LogP contribution in [0.25, 0.3) is 11.0 Å². The van der Waals surface area contributed by atoms with Gasteiger partial charge in [-0.25, -0.2) is 9.66 Å². The molecule has 2 N–H and O–H groups in total. The quantitative estimate of drug-likeness (QED) is 0.793. The van der Waals surface area contributed by atoms with E-state index in [1.54, 1.807) is 0 Å². The first kappa shape index (κ1) is 10.4. The van der Waals surface area contributed by atoms with Gasteiger partial charge >= 0.3 is 0 Å². The smallest absolute Gasteiger partial charge is 0.220 e. The van der Waals surface area contributed by atoms with Gasteiger partial charge in [-0.05, 0) is 18.6 Å². The monoisotopic (exact) mass is 232 g/mol. The van der Waals surface area contributed by atoms with E-state index in [1.165, 1.54) is 0 Å². The molecule has 2 aromatic rings. The van der Waals surface area contributed by atoms with Crippen LogP contribution in [0.4, 0.5) is 5.95 Å². The number of hydrogen-bond acceptors (Lipinski definition) is 4. The number of ether oxygens (including phenoxy) is 1. The van der Waals surface area contributed by atoms with Crippen LogP contribution in [0.5, 0.6) is 0 Å². The number of hydrogen-bond donors (Lipinski definition) is 1. The van der Waals surface area contributed by atoms with Gasteiger partial charge in [0.05, 0.1) is 37.3 Å². The molecular formula is C12H16N4O. The van der Waals surface area contributed by atoms with Crippen molar-refractivity contribution in [1.82, 2.24) is 9.66 Å². The number of anilines is 1. The van der Waals surface area contributed by atoms with Gasteiger partial charge in [0.15, 0.2) is 0 Å². The summed E-state index contributed by atoms with van der Waals surface area (Å²) in [6.07, 6.45) is 0. The number of fused-ring (bicyclic) bond motifs is 1. The van der Waals surface area contributed by atoms with E-state index in [2.05, 4.69) is 29.0 Å². The van der Waals surface area contributed by atoms with E-state index >= 15 is 0 Å². The van der Waals surface area contributed by atoms with E-state index in [4.69, 9.17) is 10.5 Å². The number of benzene rings is 1. The number of para-hydroxylation sites is 1. The zero-order chi connectivity index (χ0) is 11.8. The summed E-state index contributed by atoms with van der Waals surface area (Å²) < 4.78 is 7.36. The highest BCUT2D eigenvalue weighted by Crippen LogP contribution is 2.21. The second-order valence-electron chi connectivity index (χ2n) is 4.29. The van der Waals surface area contributed by atoms with Gasteiger partial charge in [0, 0.05) is 0 Å². The van der Waals surface area contributed by atoms with Crippen LogP contribution in [0.15, 0.2) is 18.2 Å². The van der Waals surface area contributed by atoms with Crippen molar-refractivity contribution in [1.29, 1.82) is 0 Å². The Hall–Kier alpha value is -1.75. The molecule has 2 heterocycles. The summed E-state index contributed by atoms with van der Waals surface area (Å²) >= 11 is 0. The normalized spacial score (nSPS) is 16.6. The molecule has 0 aliphatic carbocycles. The van der Waals surface area contributed by atoms with Crippen molar-refractivity contribution in [3.8, 4) is 0 Å². The van der Waals surface area contributed by atoms with Gasteiger partial charge < -0.3 is 15.5 Å². The van der Waals surface area contributed by atoms with Gasteiger partial charge in [-0.1, -0.05) is 12.1 Å². The van der Waals surface area contributed by atoms with Crippen molar-refractivity contribution in [3.63, 3.8) is 0 Å². The van der Waals surface area contributed by atoms with Gasteiger partial charge in [-0.3, -0.25) is 0 Å². The predicted octanol–water partition coefficient (Wildman–Crippen LogP) is 0.895. The molecule has 3 rings (SSSR count). The average Bonchev–Trinajstić information content (AvgIpc) is 2.68. The minimum atomic E-state index is 0.552. The lowest BCUT2D eigenvalue weighted by molar-refractivity contribution is 0.112. The molecule has 1 saturated heterocycles. The molecular weight excluding hydrogens is 216 g/mol. The Morgan fingerprint density at radius 1 is 1.29 bits per heavy atom. The number of nitrogens with zero attached hydrogens (tertiary/aromatic N) is 3. The zero-order valence-corrected chi connectivity index (χ0v) is 9.89. The summed E-state index contributed by atoms with van der Waals surface area (Å²) in [7, 11) is 0. The highest BCUT2D eigenvalue weighted by molar-refractivity contribution is 5.81. The van der Waals surface area contributed by atoms with Crippen LogP contribution in [-0.4, -0.2) is 36.0 Å². The molecule has 1 aliphatic heterocycles. The van der Waals surface area contributed by atoms with Crippen molar-refractivity contribution in [2.24, 2.45) is 0 Å². The van der Waals surface area contributed by atoms with Crippen molar-refractivity contribution in [2.75, 3.05) is 37.0 Å². The van der Waals surface area contributed by atoms with Crippen LogP contribution < -0.4 is 10.7 Å². The molecule has 0 amide bonds. The molecule has 0 atom stereocenters. The number of rotatable bonds is 1. The number of nitrogen functional groups attached to an aromatic ring is 1. The van der Waals surface area contributed by atoms with E-state index in [1.807, 2.05) is 10.7 Å². The first-order valence-electron chi connectivity index (χ1n) is 5.84. The minimum Gasteiger partial charge on any atom is -0.378 e. The standard InChI is InChI=1S/C12H16N4O/c1-9-3-2-4-10-11(9)14-12(13)16(10)15-5-7-17-8-6-15/h2-4H,5-8H2,1H3,(H2,13,14). The number of aryl methyl sites for hydroxylation is 1. The molecule has 1 aromatic carbocycles. The predicted molar refractivity (Wildman–Crippen MR) is 67.7 cm³/mol. The van der Waals surface area contributed by atoms with Crippen LogP contribution >= 0.6 is 0 Å². The molecule has 1 aliphatic rings. The maximum absolute atomic E-state index is 6.02. The fourth-order valence-electron chi connectivity index (χ4n) is 2.30. The first-order chi connectivity index (χ1) is 8.27. The third-order valence-electron chi connectivity index (χ3n) is 3.16. The molecule has 17 heavy (non-hydrogen) atoms. The SMILES string of the molecule is Cc1cccc2c1nc(N)n2N1CCOCC1. The number of morpholine rings is 1. The fraction of sp³-hybridized carbons (Fsp3) is 0.417. The van der Waals surface area contributed by atoms with Crippen LogP contribution in [0, 0.1) is 6.92 Å². The van der Waals surface area contributed by atoms with Gasteiger partial charge in [0.1, 0.15) is 0 Å². The van der Waals surface area contributed by atoms with Gasteiger partial charge in [-0.15, -0.1) is 0 Å². The van der Waals surface area contributed by atoms with E-state index in [9.17, 15) is 0 Å². The topological polar surface area (TPSA) is 56.3 Å². The number of nitrogens with two attached hydrogens (primary N) is 1. The van der Waals surface area contributed by atoms with Crippen LogP contribution in [0.3, 0.4) is 0 Å². The Morgan fingerprint density at radius 2 is 2.06 bits per heavy atom. The molecule has 0 radical (unpaired) electrons. The second-order valence-corrected chi connectivity index (χ2v) is 4.29. The minimum absolute atomic E-state index is 0.552. The molecule has 0 bridgehead atoms. The molecule has 0 saturated carbocycles. The van der Waals surface area contributed by atoms with E-state index < -0.39 is 0 Å². The van der Waals surface area contributed by atoms with Crippen LogP contribution in [-0.2, 0) is 4.74 Å². The van der Waals surface area contributed by atoms with Gasteiger partial charge in [-0.2, -0.15) is 0 Å². The molecule has 5 nitrogen and oxygen atoms in total. The molecule has 0 spiro atoms. The Balaban J connectivity index is 2.14. The molecule has 1 fully saturated rings. The summed E-state index contributed by atoms with van der Waals surface area (Å²) in [6, 6.07) is 6.15. The Kier molecular flexibility index (Phi) is 2.40. The second kappa shape index (κ2) is 3.92. The first-order valence-corrected chi connectivity index (χ1v) is 5.84. The highest BCUT2D eigenvalue weighted by Gasteiger charge is 2.17. The van der Waals surface area contributed by atoms with E-state index in [0.717, 1.165) is 42.9 Å². The lowest BCUT2D eigenvalue weighted by Crippen LogP contribution is -2.44. The summed E-state index contributed by atoms with van der Waals surface area (Å²) in [6.45, 7) is 5.24. The number of imidazole rings is 1. The lowest BCUT2D eigenvalue weighted by atomic mass is 10.2. The highest BCUT2D eigenvalue weighted by atomic mass is 16.5. The summed E-state index contributed by atoms with van der Waals surface area (Å²) in [5.74, 6) is 0.552. The van der Waals surface area contributed by atoms with Crippen LogP contribution in [0.1, 0.15) is 5.56 Å². The van der Waals surface area contributed by atoms with E-state index in [-0.39, 0.29) is 0 Å². The molecule has 5 heteroatoms. The van der Waals surface area contributed by atoms with E-state index in [0.29, 0.717) is 5.95 Å². The molecule has 1 aromatic heterocycles. The lowest BCUT2D eigenvalue weighted by Gasteiger charge is -2.30. The fourth-order valence-corrected chi connectivity index (χ4v) is 2.30. The summed E-state index contributed by atoms with van der Waals surface area (Å²) in [5, 5.41) is 2.19. The maximum Gasteiger partial charge on any atom is 0.220 e. The van der Waals surface area contributed by atoms with Crippen molar-refractivity contribution in [2.45, 2.75) is 6.92 Å². The van der Waals surface area contributed by atoms with Crippen LogP contribution in [0.2, 0.25) is 0 Å². The van der Waals surface area contributed by atoms with Crippen molar-refractivity contribution >= 4 is 17.0 Å². The Labute approximate surface area is 99.8 Å². The molecule has 0 unspecified atom stereocenters. The Bertz CT molecular complexity index is 543. The van der Waals surface area contributed by atoms with Crippen molar-refractivity contribution in [3.05, 3.63) is 23.8 Å². The van der Waals surface area contributed by atoms with Crippen molar-refractivity contribution < 1.29 is 4.74 Å². The third-order valence-corrected chi connectivity index (χ3v) is 3.16. The molecule has 90 valence electrons.